The molecule has 0 heterocycles. The Labute approximate surface area is 90.7 Å². The van der Waals surface area contributed by atoms with Crippen molar-refractivity contribution in [3.8, 4) is 6.07 Å². The summed E-state index contributed by atoms with van der Waals surface area (Å²) < 4.78 is 13.3. The maximum Gasteiger partial charge on any atom is 0.312 e. The number of hydrogen-bond acceptors (Lipinski definition) is 2. The first-order valence-electron chi connectivity index (χ1n) is 4.11. The minimum Gasteiger partial charge on any atom is -0.481 e. The highest BCUT2D eigenvalue weighted by Gasteiger charge is 2.25. The molecule has 0 spiro atoms. The molecule has 0 aromatic heterocycles. The molecule has 0 aliphatic carbocycles. The van der Waals surface area contributed by atoms with E-state index in [0.29, 0.717) is 0 Å². The van der Waals surface area contributed by atoms with E-state index in [1.54, 1.807) is 6.07 Å². The van der Waals surface area contributed by atoms with Gasteiger partial charge in [0.05, 0.1) is 18.4 Å². The summed E-state index contributed by atoms with van der Waals surface area (Å²) in [6.45, 7) is 0. The van der Waals surface area contributed by atoms with Crippen LogP contribution in [0.15, 0.2) is 18.2 Å². The van der Waals surface area contributed by atoms with Crippen LogP contribution in [0.2, 0.25) is 5.02 Å². The van der Waals surface area contributed by atoms with Gasteiger partial charge in [0.2, 0.25) is 0 Å². The molecule has 0 aliphatic rings. The van der Waals surface area contributed by atoms with Crippen molar-refractivity contribution in [1.29, 1.82) is 5.26 Å². The second-order valence-electron chi connectivity index (χ2n) is 2.89. The fourth-order valence-corrected chi connectivity index (χ4v) is 1.54. The van der Waals surface area contributed by atoms with Gasteiger partial charge in [0, 0.05) is 10.6 Å². The molecule has 1 aromatic rings. The molecule has 3 nitrogen and oxygen atoms in total. The van der Waals surface area contributed by atoms with Gasteiger partial charge in [-0.25, -0.2) is 4.39 Å². The van der Waals surface area contributed by atoms with Crippen LogP contribution in [0.1, 0.15) is 17.9 Å². The molecule has 0 saturated carbocycles. The lowest BCUT2D eigenvalue weighted by molar-refractivity contribution is -0.138. The van der Waals surface area contributed by atoms with Crippen molar-refractivity contribution in [3.63, 3.8) is 0 Å². The largest absolute Gasteiger partial charge is 0.481 e. The van der Waals surface area contributed by atoms with E-state index in [4.69, 9.17) is 22.0 Å². The molecule has 1 unspecified atom stereocenters. The Kier molecular flexibility index (Phi) is 3.64. The van der Waals surface area contributed by atoms with Crippen molar-refractivity contribution < 1.29 is 14.3 Å². The fourth-order valence-electron chi connectivity index (χ4n) is 1.25. The van der Waals surface area contributed by atoms with Crippen molar-refractivity contribution in [2.75, 3.05) is 0 Å². The Bertz CT molecular complexity index is 408. The lowest BCUT2D eigenvalue weighted by atomic mass is 9.96. The third kappa shape index (κ3) is 2.45. The predicted molar refractivity (Wildman–Crippen MR) is 52.0 cm³/mol. The van der Waals surface area contributed by atoms with Crippen LogP contribution in [0.3, 0.4) is 0 Å². The van der Waals surface area contributed by atoms with E-state index in [0.717, 1.165) is 6.07 Å². The van der Waals surface area contributed by atoms with Gasteiger partial charge in [-0.15, -0.1) is 0 Å². The van der Waals surface area contributed by atoms with Crippen molar-refractivity contribution in [2.45, 2.75) is 12.3 Å². The summed E-state index contributed by atoms with van der Waals surface area (Å²) in [4.78, 5) is 10.8. The fraction of sp³-hybridized carbons (Fsp3) is 0.200. The number of nitriles is 1. The summed E-state index contributed by atoms with van der Waals surface area (Å²) in [6, 6.07) is 5.59. The van der Waals surface area contributed by atoms with Crippen LogP contribution in [0.4, 0.5) is 4.39 Å². The molecule has 15 heavy (non-hydrogen) atoms. The van der Waals surface area contributed by atoms with Gasteiger partial charge in [0.15, 0.2) is 0 Å². The van der Waals surface area contributed by atoms with Gasteiger partial charge in [-0.2, -0.15) is 5.26 Å². The van der Waals surface area contributed by atoms with Crippen molar-refractivity contribution in [2.24, 2.45) is 0 Å². The molecule has 1 aromatic carbocycles. The number of carbonyl (C=O) groups is 1. The third-order valence-electron chi connectivity index (χ3n) is 1.94. The zero-order valence-corrected chi connectivity index (χ0v) is 8.33. The molecular weight excluding hydrogens is 221 g/mol. The zero-order valence-electron chi connectivity index (χ0n) is 7.58. The molecule has 0 saturated heterocycles. The van der Waals surface area contributed by atoms with Gasteiger partial charge in [-0.3, -0.25) is 4.79 Å². The zero-order chi connectivity index (χ0) is 11.4. The van der Waals surface area contributed by atoms with Crippen molar-refractivity contribution >= 4 is 17.6 Å². The Morgan fingerprint density at radius 3 is 2.80 bits per heavy atom. The number of aliphatic carboxylic acids is 1. The lowest BCUT2D eigenvalue weighted by Crippen LogP contribution is -2.13. The highest BCUT2D eigenvalue weighted by atomic mass is 35.5. The summed E-state index contributed by atoms with van der Waals surface area (Å²) in [7, 11) is 0. The van der Waals surface area contributed by atoms with E-state index in [-0.39, 0.29) is 17.0 Å². The Hall–Kier alpha value is -1.60. The molecule has 1 N–H and O–H groups in total. The smallest absolute Gasteiger partial charge is 0.312 e. The predicted octanol–water partition coefficient (Wildman–Crippen LogP) is 2.56. The highest BCUT2D eigenvalue weighted by molar-refractivity contribution is 6.31. The number of carboxylic acids is 1. The van der Waals surface area contributed by atoms with Gasteiger partial charge in [-0.05, 0) is 12.1 Å². The SMILES string of the molecule is N#CCC(C(=O)O)c1c(F)cccc1Cl. The number of carboxylic acid groups (broad SMARTS) is 1. The van der Waals surface area contributed by atoms with Gasteiger partial charge < -0.3 is 5.11 Å². The second-order valence-corrected chi connectivity index (χ2v) is 3.30. The summed E-state index contributed by atoms with van der Waals surface area (Å²) in [5, 5.41) is 17.3. The van der Waals surface area contributed by atoms with E-state index >= 15 is 0 Å². The van der Waals surface area contributed by atoms with Crippen LogP contribution >= 0.6 is 11.6 Å². The van der Waals surface area contributed by atoms with Crippen LogP contribution in [-0.2, 0) is 4.79 Å². The van der Waals surface area contributed by atoms with Gasteiger partial charge >= 0.3 is 5.97 Å². The molecule has 0 aliphatic heterocycles. The highest BCUT2D eigenvalue weighted by Crippen LogP contribution is 2.29. The first-order chi connectivity index (χ1) is 7.07. The van der Waals surface area contributed by atoms with Crippen LogP contribution < -0.4 is 0 Å². The molecule has 1 rings (SSSR count). The maximum atomic E-state index is 13.3. The average molecular weight is 228 g/mol. The first-order valence-corrected chi connectivity index (χ1v) is 4.49. The second kappa shape index (κ2) is 4.76. The Morgan fingerprint density at radius 1 is 1.67 bits per heavy atom. The minimum atomic E-state index is -1.26. The number of nitrogens with zero attached hydrogens (tertiary/aromatic N) is 1. The van der Waals surface area contributed by atoms with E-state index in [9.17, 15) is 9.18 Å². The molecule has 1 atom stereocenters. The summed E-state index contributed by atoms with van der Waals surface area (Å²) in [5.41, 5.74) is -0.131. The van der Waals surface area contributed by atoms with Crippen molar-refractivity contribution in [1.82, 2.24) is 0 Å². The number of halogens is 2. The number of hydrogen-bond donors (Lipinski definition) is 1. The molecule has 5 heteroatoms. The van der Waals surface area contributed by atoms with E-state index < -0.39 is 17.7 Å². The molecule has 0 radical (unpaired) electrons. The van der Waals surface area contributed by atoms with Crippen LogP contribution in [0.5, 0.6) is 0 Å². The monoisotopic (exact) mass is 227 g/mol. The van der Waals surface area contributed by atoms with E-state index in [1.165, 1.54) is 12.1 Å². The first kappa shape index (κ1) is 11.5. The Balaban J connectivity index is 3.23. The molecule has 78 valence electrons. The number of rotatable bonds is 3. The normalized spacial score (nSPS) is 11.8. The molecule has 0 fully saturated rings. The van der Waals surface area contributed by atoms with Gasteiger partial charge in [0.1, 0.15) is 5.82 Å². The van der Waals surface area contributed by atoms with Crippen LogP contribution in [0, 0.1) is 17.1 Å². The Morgan fingerprint density at radius 2 is 2.33 bits per heavy atom. The molecule has 0 bridgehead atoms. The average Bonchev–Trinajstić information content (AvgIpc) is 2.15. The number of benzene rings is 1. The van der Waals surface area contributed by atoms with Crippen LogP contribution in [0.25, 0.3) is 0 Å². The van der Waals surface area contributed by atoms with Gasteiger partial charge in [-0.1, -0.05) is 17.7 Å². The van der Waals surface area contributed by atoms with Crippen molar-refractivity contribution in [3.05, 3.63) is 34.6 Å². The van der Waals surface area contributed by atoms with E-state index in [2.05, 4.69) is 0 Å². The molecular formula is C10H7ClFNO2. The lowest BCUT2D eigenvalue weighted by Gasteiger charge is -2.11. The maximum absolute atomic E-state index is 13.3. The summed E-state index contributed by atoms with van der Waals surface area (Å²) in [5.74, 6) is -3.18. The quantitative estimate of drug-likeness (QED) is 0.863. The minimum absolute atomic E-state index is 0.0256. The summed E-state index contributed by atoms with van der Waals surface area (Å²) in [6.07, 6.45) is -0.310. The van der Waals surface area contributed by atoms with Gasteiger partial charge in [0.25, 0.3) is 0 Å². The van der Waals surface area contributed by atoms with Crippen LogP contribution in [-0.4, -0.2) is 11.1 Å². The standard InChI is InChI=1S/C10H7ClFNO2/c11-7-2-1-3-8(12)9(7)6(4-5-13)10(14)15/h1-3,6H,4H2,(H,14,15). The third-order valence-corrected chi connectivity index (χ3v) is 2.27. The molecule has 0 amide bonds. The van der Waals surface area contributed by atoms with E-state index in [1.807, 2.05) is 0 Å². The topological polar surface area (TPSA) is 61.1 Å². The summed E-state index contributed by atoms with van der Waals surface area (Å²) >= 11 is 5.69.